The first-order valence-electron chi connectivity index (χ1n) is 5.81. The van der Waals surface area contributed by atoms with Gasteiger partial charge in [-0.3, -0.25) is 0 Å². The number of aryl methyl sites for hydroxylation is 1. The molecule has 19 heavy (non-hydrogen) atoms. The van der Waals surface area contributed by atoms with E-state index in [2.05, 4.69) is 36.3 Å². The summed E-state index contributed by atoms with van der Waals surface area (Å²) in [6, 6.07) is 0.0882. The van der Waals surface area contributed by atoms with Crippen LogP contribution >= 0.6 is 27.7 Å². The molecule has 0 aliphatic heterocycles. The quantitative estimate of drug-likeness (QED) is 0.858. The van der Waals surface area contributed by atoms with Crippen LogP contribution in [0.25, 0.3) is 11.0 Å². The van der Waals surface area contributed by atoms with E-state index in [9.17, 15) is 5.11 Å². The van der Waals surface area contributed by atoms with Crippen molar-refractivity contribution < 1.29 is 5.11 Å². The molecule has 0 aliphatic carbocycles. The van der Waals surface area contributed by atoms with Crippen LogP contribution in [0.2, 0.25) is 0 Å². The predicted octanol–water partition coefficient (Wildman–Crippen LogP) is 1.65. The Morgan fingerprint density at radius 3 is 2.89 bits per heavy atom. The lowest BCUT2D eigenvalue weighted by atomic mass is 10.2. The highest BCUT2D eigenvalue weighted by molar-refractivity contribution is 9.10. The first-order chi connectivity index (χ1) is 9.08. The highest BCUT2D eigenvalue weighted by Crippen LogP contribution is 2.28. The molecule has 8 heteroatoms. The minimum Gasteiger partial charge on any atom is -0.395 e. The maximum Gasteiger partial charge on any atom is 0.164 e. The van der Waals surface area contributed by atoms with E-state index in [1.54, 1.807) is 16.4 Å². The number of anilines is 1. The molecule has 2 aromatic rings. The van der Waals surface area contributed by atoms with Crippen molar-refractivity contribution >= 4 is 44.5 Å². The Morgan fingerprint density at radius 1 is 1.53 bits per heavy atom. The Morgan fingerprint density at radius 2 is 2.26 bits per heavy atom. The van der Waals surface area contributed by atoms with Gasteiger partial charge in [0.25, 0.3) is 0 Å². The third-order valence-corrected chi connectivity index (χ3v) is 4.70. The Bertz CT molecular complexity index is 571. The van der Waals surface area contributed by atoms with E-state index in [1.807, 2.05) is 20.2 Å². The fraction of sp³-hybridized carbons (Fsp3) is 0.545. The topological polar surface area (TPSA) is 75.9 Å². The zero-order chi connectivity index (χ0) is 14.0. The van der Waals surface area contributed by atoms with Crippen molar-refractivity contribution in [2.24, 2.45) is 7.05 Å². The third kappa shape index (κ3) is 2.85. The first-order valence-corrected chi connectivity index (χ1v) is 7.90. The molecule has 0 radical (unpaired) electrons. The zero-order valence-corrected chi connectivity index (χ0v) is 13.4. The number of aliphatic hydroxyl groups excluding tert-OH is 1. The molecule has 2 aromatic heterocycles. The van der Waals surface area contributed by atoms with Crippen molar-refractivity contribution in [2.45, 2.75) is 18.2 Å². The summed E-state index contributed by atoms with van der Waals surface area (Å²) in [5, 5.41) is 17.9. The van der Waals surface area contributed by atoms with Gasteiger partial charge in [-0.25, -0.2) is 14.6 Å². The SMILES string of the molecule is CSC(CO)C(C)Nc1ncnc2c1c(Br)nn2C. The largest absolute Gasteiger partial charge is 0.395 e. The Kier molecular flexibility index (Phi) is 4.64. The van der Waals surface area contributed by atoms with Gasteiger partial charge in [0.05, 0.1) is 12.0 Å². The average Bonchev–Trinajstić information content (AvgIpc) is 2.67. The van der Waals surface area contributed by atoms with Gasteiger partial charge in [0.2, 0.25) is 0 Å². The van der Waals surface area contributed by atoms with Gasteiger partial charge in [-0.2, -0.15) is 16.9 Å². The van der Waals surface area contributed by atoms with E-state index in [1.165, 1.54) is 6.33 Å². The lowest BCUT2D eigenvalue weighted by Gasteiger charge is -2.22. The van der Waals surface area contributed by atoms with Gasteiger partial charge in [0.15, 0.2) is 5.65 Å². The van der Waals surface area contributed by atoms with Crippen molar-refractivity contribution in [3.63, 3.8) is 0 Å². The van der Waals surface area contributed by atoms with E-state index in [-0.39, 0.29) is 17.9 Å². The van der Waals surface area contributed by atoms with Crippen molar-refractivity contribution in [3.8, 4) is 0 Å². The highest BCUT2D eigenvalue weighted by Gasteiger charge is 2.19. The maximum absolute atomic E-state index is 9.33. The summed E-state index contributed by atoms with van der Waals surface area (Å²) in [5.41, 5.74) is 0.765. The van der Waals surface area contributed by atoms with Gasteiger partial charge < -0.3 is 10.4 Å². The van der Waals surface area contributed by atoms with Crippen molar-refractivity contribution in [3.05, 3.63) is 10.9 Å². The molecular formula is C11H16BrN5OS. The Hall–Kier alpha value is -0.860. The summed E-state index contributed by atoms with van der Waals surface area (Å²) < 4.78 is 2.42. The molecule has 104 valence electrons. The molecule has 6 nitrogen and oxygen atoms in total. The number of halogens is 1. The number of nitrogens with zero attached hydrogens (tertiary/aromatic N) is 4. The van der Waals surface area contributed by atoms with Gasteiger partial charge in [-0.1, -0.05) is 0 Å². The van der Waals surface area contributed by atoms with E-state index < -0.39 is 0 Å². The van der Waals surface area contributed by atoms with Crippen LogP contribution < -0.4 is 5.32 Å². The molecular weight excluding hydrogens is 330 g/mol. The molecule has 2 N–H and O–H groups in total. The van der Waals surface area contributed by atoms with Crippen molar-refractivity contribution in [1.29, 1.82) is 0 Å². The first kappa shape index (κ1) is 14.5. The van der Waals surface area contributed by atoms with Crippen LogP contribution in [0.3, 0.4) is 0 Å². The van der Waals surface area contributed by atoms with Crippen LogP contribution in [0.15, 0.2) is 10.9 Å². The maximum atomic E-state index is 9.33. The van der Waals surface area contributed by atoms with Crippen LogP contribution in [0.5, 0.6) is 0 Å². The molecule has 2 heterocycles. The monoisotopic (exact) mass is 345 g/mol. The van der Waals surface area contributed by atoms with Gasteiger partial charge in [-0.05, 0) is 29.1 Å². The summed E-state index contributed by atoms with van der Waals surface area (Å²) in [6.07, 6.45) is 3.49. The van der Waals surface area contributed by atoms with Crippen LogP contribution in [-0.4, -0.2) is 49.0 Å². The van der Waals surface area contributed by atoms with Gasteiger partial charge in [0, 0.05) is 18.3 Å². The van der Waals surface area contributed by atoms with Crippen LogP contribution in [0, 0.1) is 0 Å². The molecule has 0 bridgehead atoms. The van der Waals surface area contributed by atoms with Crippen LogP contribution in [0.1, 0.15) is 6.92 Å². The lowest BCUT2D eigenvalue weighted by molar-refractivity contribution is 0.288. The van der Waals surface area contributed by atoms with Crippen molar-refractivity contribution in [1.82, 2.24) is 19.7 Å². The second kappa shape index (κ2) is 6.06. The number of aromatic nitrogens is 4. The second-order valence-electron chi connectivity index (χ2n) is 4.23. The van der Waals surface area contributed by atoms with E-state index in [0.717, 1.165) is 16.9 Å². The standard InChI is InChI=1S/C11H16BrN5OS/c1-6(7(4-18)19-3)15-10-8-9(12)16-17(2)11(8)14-5-13-10/h5-7,18H,4H2,1-3H3,(H,13,14,15). The van der Waals surface area contributed by atoms with E-state index >= 15 is 0 Å². The minimum absolute atomic E-state index is 0.0882. The van der Waals surface area contributed by atoms with Crippen LogP contribution in [-0.2, 0) is 7.05 Å². The summed E-state index contributed by atoms with van der Waals surface area (Å²) >= 11 is 5.05. The predicted molar refractivity (Wildman–Crippen MR) is 81.5 cm³/mol. The van der Waals surface area contributed by atoms with E-state index in [4.69, 9.17) is 0 Å². The smallest absolute Gasteiger partial charge is 0.164 e. The summed E-state index contributed by atoms with van der Waals surface area (Å²) in [4.78, 5) is 8.50. The molecule has 2 atom stereocenters. The highest BCUT2D eigenvalue weighted by atomic mass is 79.9. The number of thioether (sulfide) groups is 1. The van der Waals surface area contributed by atoms with E-state index in [0.29, 0.717) is 4.60 Å². The lowest BCUT2D eigenvalue weighted by Crippen LogP contribution is -2.31. The fourth-order valence-electron chi connectivity index (χ4n) is 1.90. The number of fused-ring (bicyclic) bond motifs is 1. The summed E-state index contributed by atoms with van der Waals surface area (Å²) in [5.74, 6) is 0.727. The average molecular weight is 346 g/mol. The number of hydrogen-bond acceptors (Lipinski definition) is 6. The molecule has 0 spiro atoms. The van der Waals surface area contributed by atoms with Crippen LogP contribution in [0.4, 0.5) is 5.82 Å². The fourth-order valence-corrected chi connectivity index (χ4v) is 3.12. The molecule has 0 aliphatic rings. The molecule has 0 fully saturated rings. The Balaban J connectivity index is 2.35. The molecule has 0 aromatic carbocycles. The summed E-state index contributed by atoms with van der Waals surface area (Å²) in [6.45, 7) is 2.15. The normalized spacial score (nSPS) is 14.6. The minimum atomic E-state index is 0.0882. The molecule has 0 saturated heterocycles. The van der Waals surface area contributed by atoms with Gasteiger partial charge in [0.1, 0.15) is 16.7 Å². The second-order valence-corrected chi connectivity index (χ2v) is 6.05. The third-order valence-electron chi connectivity index (χ3n) is 2.98. The zero-order valence-electron chi connectivity index (χ0n) is 11.0. The number of nitrogens with one attached hydrogen (secondary N) is 1. The molecule has 0 amide bonds. The van der Waals surface area contributed by atoms with Crippen molar-refractivity contribution in [2.75, 3.05) is 18.2 Å². The molecule has 0 saturated carbocycles. The molecule has 2 rings (SSSR count). The van der Waals surface area contributed by atoms with Gasteiger partial charge in [-0.15, -0.1) is 0 Å². The number of aliphatic hydroxyl groups is 1. The molecule has 2 unspecified atom stereocenters. The number of hydrogen-bond donors (Lipinski definition) is 2. The Labute approximate surface area is 124 Å². The number of rotatable bonds is 5. The van der Waals surface area contributed by atoms with Gasteiger partial charge >= 0.3 is 0 Å². The summed E-state index contributed by atoms with van der Waals surface area (Å²) in [7, 11) is 1.84.